The Bertz CT molecular complexity index is 738. The van der Waals surface area contributed by atoms with Gasteiger partial charge in [0.2, 0.25) is 6.79 Å². The van der Waals surface area contributed by atoms with Crippen molar-refractivity contribution in [3.05, 3.63) is 51.5 Å². The van der Waals surface area contributed by atoms with E-state index in [2.05, 4.69) is 27.3 Å². The predicted octanol–water partition coefficient (Wildman–Crippen LogP) is 3.97. The minimum absolute atomic E-state index is 0.251. The highest BCUT2D eigenvalue weighted by Crippen LogP contribution is 2.40. The standard InChI is InChI=1S/C16H13BrN2O2/c1-10-3-2-4-14(12(10)7-18)19-8-11-5-13(17)16-15(6-11)20-9-21-16/h2-6,19H,8-9H2,1H3. The Morgan fingerprint density at radius 3 is 3.00 bits per heavy atom. The fourth-order valence-corrected chi connectivity index (χ4v) is 2.89. The number of aryl methyl sites for hydroxylation is 1. The van der Waals surface area contributed by atoms with Gasteiger partial charge in [-0.3, -0.25) is 0 Å². The van der Waals surface area contributed by atoms with Gasteiger partial charge in [0.25, 0.3) is 0 Å². The first-order valence-electron chi connectivity index (χ1n) is 6.50. The molecule has 21 heavy (non-hydrogen) atoms. The molecule has 0 atom stereocenters. The summed E-state index contributed by atoms with van der Waals surface area (Å²) < 4.78 is 11.6. The molecule has 0 bridgehead atoms. The summed E-state index contributed by atoms with van der Waals surface area (Å²) >= 11 is 3.48. The molecule has 1 heterocycles. The van der Waals surface area contributed by atoms with Crippen LogP contribution in [0.1, 0.15) is 16.7 Å². The van der Waals surface area contributed by atoms with Gasteiger partial charge in [0.05, 0.1) is 15.7 Å². The van der Waals surface area contributed by atoms with Gasteiger partial charge in [0.15, 0.2) is 11.5 Å². The third-order valence-corrected chi connectivity index (χ3v) is 3.94. The lowest BCUT2D eigenvalue weighted by Crippen LogP contribution is -2.02. The average molecular weight is 345 g/mol. The number of nitrogens with one attached hydrogen (secondary N) is 1. The first-order valence-corrected chi connectivity index (χ1v) is 7.30. The summed E-state index contributed by atoms with van der Waals surface area (Å²) in [4.78, 5) is 0. The zero-order chi connectivity index (χ0) is 14.8. The quantitative estimate of drug-likeness (QED) is 0.915. The number of anilines is 1. The number of ether oxygens (including phenoxy) is 2. The maximum absolute atomic E-state index is 9.23. The normalized spacial score (nSPS) is 12.0. The highest BCUT2D eigenvalue weighted by Gasteiger charge is 2.18. The van der Waals surface area contributed by atoms with E-state index in [1.165, 1.54) is 0 Å². The van der Waals surface area contributed by atoms with Crippen LogP contribution in [0.5, 0.6) is 11.5 Å². The SMILES string of the molecule is Cc1cccc(NCc2cc(Br)c3c(c2)OCO3)c1C#N. The number of halogens is 1. The summed E-state index contributed by atoms with van der Waals surface area (Å²) in [6, 6.07) is 12.0. The lowest BCUT2D eigenvalue weighted by Gasteiger charge is -2.11. The maximum Gasteiger partial charge on any atom is 0.231 e. The van der Waals surface area contributed by atoms with Crippen LogP contribution in [0.3, 0.4) is 0 Å². The monoisotopic (exact) mass is 344 g/mol. The lowest BCUT2D eigenvalue weighted by molar-refractivity contribution is 0.173. The average Bonchev–Trinajstić information content (AvgIpc) is 2.94. The molecule has 1 aliphatic rings. The number of hydrogen-bond acceptors (Lipinski definition) is 4. The fraction of sp³-hybridized carbons (Fsp3) is 0.188. The van der Waals surface area contributed by atoms with Crippen molar-refractivity contribution in [2.24, 2.45) is 0 Å². The van der Waals surface area contributed by atoms with Crippen LogP contribution in [-0.2, 0) is 6.54 Å². The van der Waals surface area contributed by atoms with Gasteiger partial charge in [-0.25, -0.2) is 0 Å². The zero-order valence-corrected chi connectivity index (χ0v) is 13.0. The number of hydrogen-bond donors (Lipinski definition) is 1. The van der Waals surface area contributed by atoms with Crippen molar-refractivity contribution in [2.45, 2.75) is 13.5 Å². The Morgan fingerprint density at radius 1 is 1.33 bits per heavy atom. The summed E-state index contributed by atoms with van der Waals surface area (Å²) in [5.74, 6) is 1.48. The van der Waals surface area contributed by atoms with E-state index in [0.717, 1.165) is 32.8 Å². The van der Waals surface area contributed by atoms with Crippen LogP contribution in [0.2, 0.25) is 0 Å². The molecule has 0 fully saturated rings. The molecule has 0 amide bonds. The van der Waals surface area contributed by atoms with Crippen molar-refractivity contribution < 1.29 is 9.47 Å². The van der Waals surface area contributed by atoms with Crippen LogP contribution < -0.4 is 14.8 Å². The summed E-state index contributed by atoms with van der Waals surface area (Å²) in [6.07, 6.45) is 0. The highest BCUT2D eigenvalue weighted by atomic mass is 79.9. The number of benzene rings is 2. The van der Waals surface area contributed by atoms with Crippen LogP contribution in [0.15, 0.2) is 34.8 Å². The zero-order valence-electron chi connectivity index (χ0n) is 11.4. The first-order chi connectivity index (χ1) is 10.2. The van der Waals surface area contributed by atoms with Gasteiger partial charge in [0, 0.05) is 6.54 Å². The third-order valence-electron chi connectivity index (χ3n) is 3.35. The van der Waals surface area contributed by atoms with Gasteiger partial charge < -0.3 is 14.8 Å². The van der Waals surface area contributed by atoms with Gasteiger partial charge in [0.1, 0.15) is 6.07 Å². The summed E-state index contributed by atoms with van der Waals surface area (Å²) in [7, 11) is 0. The Kier molecular flexibility index (Phi) is 3.72. The molecule has 1 N–H and O–H groups in total. The number of fused-ring (bicyclic) bond motifs is 1. The Hall–Kier alpha value is -2.19. The van der Waals surface area contributed by atoms with Crippen molar-refractivity contribution in [1.82, 2.24) is 0 Å². The third kappa shape index (κ3) is 2.67. The number of nitriles is 1. The van der Waals surface area contributed by atoms with E-state index in [-0.39, 0.29) is 6.79 Å². The van der Waals surface area contributed by atoms with Crippen LogP contribution >= 0.6 is 15.9 Å². The molecular weight excluding hydrogens is 332 g/mol. The Balaban J connectivity index is 1.82. The van der Waals surface area contributed by atoms with Crippen LogP contribution in [0.4, 0.5) is 5.69 Å². The van der Waals surface area contributed by atoms with E-state index in [9.17, 15) is 5.26 Å². The van der Waals surface area contributed by atoms with E-state index < -0.39 is 0 Å². The predicted molar refractivity (Wildman–Crippen MR) is 83.5 cm³/mol. The molecule has 1 aliphatic heterocycles. The number of nitrogens with zero attached hydrogens (tertiary/aromatic N) is 1. The van der Waals surface area contributed by atoms with Gasteiger partial charge in [-0.05, 0) is 52.2 Å². The molecule has 2 aromatic rings. The molecule has 0 aliphatic carbocycles. The fourth-order valence-electron chi connectivity index (χ4n) is 2.28. The first kappa shape index (κ1) is 13.8. The molecule has 3 rings (SSSR count). The summed E-state index contributed by atoms with van der Waals surface area (Å²) in [6.45, 7) is 2.79. The second-order valence-electron chi connectivity index (χ2n) is 4.77. The minimum atomic E-state index is 0.251. The summed E-state index contributed by atoms with van der Waals surface area (Å²) in [5.41, 5.74) is 3.54. The molecule has 0 aromatic heterocycles. The van der Waals surface area contributed by atoms with Gasteiger partial charge in [-0.2, -0.15) is 5.26 Å². The molecule has 0 spiro atoms. The van der Waals surface area contributed by atoms with E-state index in [1.807, 2.05) is 37.3 Å². The Morgan fingerprint density at radius 2 is 2.19 bits per heavy atom. The topological polar surface area (TPSA) is 54.3 Å². The lowest BCUT2D eigenvalue weighted by atomic mass is 10.1. The van der Waals surface area contributed by atoms with Crippen molar-refractivity contribution in [3.8, 4) is 17.6 Å². The molecule has 2 aromatic carbocycles. The second-order valence-corrected chi connectivity index (χ2v) is 5.63. The molecule has 5 heteroatoms. The molecule has 0 unspecified atom stereocenters. The molecule has 4 nitrogen and oxygen atoms in total. The van der Waals surface area contributed by atoms with Crippen LogP contribution in [-0.4, -0.2) is 6.79 Å². The van der Waals surface area contributed by atoms with E-state index >= 15 is 0 Å². The Labute approximate surface area is 131 Å². The molecule has 0 radical (unpaired) electrons. The maximum atomic E-state index is 9.23. The number of rotatable bonds is 3. The van der Waals surface area contributed by atoms with E-state index in [0.29, 0.717) is 12.1 Å². The van der Waals surface area contributed by atoms with Crippen LogP contribution in [0.25, 0.3) is 0 Å². The van der Waals surface area contributed by atoms with Gasteiger partial charge in [-0.15, -0.1) is 0 Å². The van der Waals surface area contributed by atoms with Gasteiger partial charge >= 0.3 is 0 Å². The van der Waals surface area contributed by atoms with Crippen molar-refractivity contribution in [2.75, 3.05) is 12.1 Å². The molecular formula is C16H13BrN2O2. The van der Waals surface area contributed by atoms with Crippen molar-refractivity contribution in [1.29, 1.82) is 5.26 Å². The van der Waals surface area contributed by atoms with Crippen molar-refractivity contribution in [3.63, 3.8) is 0 Å². The van der Waals surface area contributed by atoms with E-state index in [4.69, 9.17) is 9.47 Å². The minimum Gasteiger partial charge on any atom is -0.454 e. The second kappa shape index (κ2) is 5.66. The van der Waals surface area contributed by atoms with Gasteiger partial charge in [-0.1, -0.05) is 12.1 Å². The molecule has 0 saturated heterocycles. The van der Waals surface area contributed by atoms with Crippen molar-refractivity contribution >= 4 is 21.6 Å². The molecule has 106 valence electrons. The summed E-state index contributed by atoms with van der Waals surface area (Å²) in [5, 5.41) is 12.5. The van der Waals surface area contributed by atoms with Crippen LogP contribution in [0, 0.1) is 18.3 Å². The highest BCUT2D eigenvalue weighted by molar-refractivity contribution is 9.10. The molecule has 0 saturated carbocycles. The smallest absolute Gasteiger partial charge is 0.231 e. The largest absolute Gasteiger partial charge is 0.454 e. The van der Waals surface area contributed by atoms with E-state index in [1.54, 1.807) is 0 Å².